The zero-order valence-corrected chi connectivity index (χ0v) is 18.0. The fourth-order valence-corrected chi connectivity index (χ4v) is 2.83. The summed E-state index contributed by atoms with van der Waals surface area (Å²) in [5.41, 5.74) is 2.52. The summed E-state index contributed by atoms with van der Waals surface area (Å²) in [5, 5.41) is 5.74. The van der Waals surface area contributed by atoms with E-state index in [1.165, 1.54) is 0 Å². The zero-order valence-electron chi connectivity index (χ0n) is 18.0. The second kappa shape index (κ2) is 9.45. The Labute approximate surface area is 172 Å². The van der Waals surface area contributed by atoms with Crippen molar-refractivity contribution < 1.29 is 19.1 Å². The molecule has 0 fully saturated rings. The highest BCUT2D eigenvalue weighted by atomic mass is 16.5. The molecule has 2 N–H and O–H groups in total. The number of amides is 2. The lowest BCUT2D eigenvalue weighted by molar-refractivity contribution is -0.138. The highest BCUT2D eigenvalue weighted by Gasteiger charge is 2.36. The van der Waals surface area contributed by atoms with Gasteiger partial charge in [0.2, 0.25) is 11.8 Å². The number of benzene rings is 2. The molecule has 2 amide bonds. The Kier molecular flexibility index (Phi) is 7.26. The Hall–Kier alpha value is -3.02. The summed E-state index contributed by atoms with van der Waals surface area (Å²) in [4.78, 5) is 25.4. The van der Waals surface area contributed by atoms with E-state index >= 15 is 0 Å². The first-order valence-electron chi connectivity index (χ1n) is 9.57. The van der Waals surface area contributed by atoms with Gasteiger partial charge in [-0.25, -0.2) is 0 Å². The molecule has 0 saturated carbocycles. The van der Waals surface area contributed by atoms with Gasteiger partial charge < -0.3 is 20.1 Å². The number of methoxy groups -OCH3 is 2. The van der Waals surface area contributed by atoms with Crippen molar-refractivity contribution >= 4 is 17.5 Å². The quantitative estimate of drug-likeness (QED) is 0.666. The normalized spacial score (nSPS) is 11.0. The summed E-state index contributed by atoms with van der Waals surface area (Å²) < 4.78 is 10.5. The molecular formula is C23H30N2O4. The Morgan fingerprint density at radius 3 is 2.28 bits per heavy atom. The van der Waals surface area contributed by atoms with E-state index in [1.54, 1.807) is 28.1 Å². The average molecular weight is 399 g/mol. The summed E-state index contributed by atoms with van der Waals surface area (Å²) in [5.74, 6) is 0.643. The van der Waals surface area contributed by atoms with Crippen LogP contribution in [0.25, 0.3) is 0 Å². The minimum absolute atomic E-state index is 0.319. The van der Waals surface area contributed by atoms with Crippen molar-refractivity contribution in [3.8, 4) is 11.5 Å². The van der Waals surface area contributed by atoms with Crippen LogP contribution in [0.5, 0.6) is 11.5 Å². The van der Waals surface area contributed by atoms with Gasteiger partial charge in [-0.1, -0.05) is 18.2 Å². The lowest BCUT2D eigenvalue weighted by atomic mass is 9.90. The van der Waals surface area contributed by atoms with Crippen molar-refractivity contribution in [2.75, 3.05) is 26.1 Å². The lowest BCUT2D eigenvalue weighted by Crippen LogP contribution is -2.45. The van der Waals surface area contributed by atoms with Gasteiger partial charge in [0.25, 0.3) is 0 Å². The van der Waals surface area contributed by atoms with Crippen molar-refractivity contribution in [3.05, 3.63) is 53.1 Å². The van der Waals surface area contributed by atoms with Crippen LogP contribution in [-0.4, -0.2) is 32.6 Å². The summed E-state index contributed by atoms with van der Waals surface area (Å²) in [6.07, 6.45) is 0.612. The predicted octanol–water partition coefficient (Wildman–Crippen LogP) is 3.64. The summed E-state index contributed by atoms with van der Waals surface area (Å²) in [6.45, 7) is 7.54. The number of anilines is 1. The highest BCUT2D eigenvalue weighted by molar-refractivity contribution is 6.10. The first-order chi connectivity index (χ1) is 13.7. The van der Waals surface area contributed by atoms with E-state index in [1.807, 2.05) is 50.2 Å². The van der Waals surface area contributed by atoms with Crippen molar-refractivity contribution in [1.82, 2.24) is 5.32 Å². The van der Waals surface area contributed by atoms with Crippen molar-refractivity contribution in [2.45, 2.75) is 34.1 Å². The Bertz CT molecular complexity index is 890. The van der Waals surface area contributed by atoms with Gasteiger partial charge >= 0.3 is 0 Å². The highest BCUT2D eigenvalue weighted by Crippen LogP contribution is 2.27. The third-order valence-corrected chi connectivity index (χ3v) is 4.92. The third kappa shape index (κ3) is 5.50. The fourth-order valence-electron chi connectivity index (χ4n) is 2.83. The van der Waals surface area contributed by atoms with Crippen LogP contribution in [0.2, 0.25) is 0 Å². The first-order valence-corrected chi connectivity index (χ1v) is 9.57. The van der Waals surface area contributed by atoms with Gasteiger partial charge in [0.1, 0.15) is 5.41 Å². The van der Waals surface area contributed by atoms with Crippen LogP contribution in [0.3, 0.4) is 0 Å². The van der Waals surface area contributed by atoms with Gasteiger partial charge in [-0.3, -0.25) is 9.59 Å². The summed E-state index contributed by atoms with van der Waals surface area (Å²) in [7, 11) is 3.17. The largest absolute Gasteiger partial charge is 0.493 e. The molecule has 0 bridgehead atoms. The van der Waals surface area contributed by atoms with Crippen LogP contribution in [0, 0.1) is 19.3 Å². The zero-order chi connectivity index (χ0) is 21.6. The fraction of sp³-hybridized carbons (Fsp3) is 0.391. The topological polar surface area (TPSA) is 76.7 Å². The van der Waals surface area contributed by atoms with E-state index in [-0.39, 0.29) is 11.8 Å². The van der Waals surface area contributed by atoms with E-state index < -0.39 is 5.41 Å². The molecule has 0 heterocycles. The minimum Gasteiger partial charge on any atom is -0.493 e. The van der Waals surface area contributed by atoms with E-state index in [9.17, 15) is 9.59 Å². The van der Waals surface area contributed by atoms with Gasteiger partial charge in [0.15, 0.2) is 11.5 Å². The molecular weight excluding hydrogens is 368 g/mol. The molecule has 0 aliphatic rings. The standard InChI is InChI=1S/C23H30N2O4/c1-15-7-8-16(2)18(13-15)25-22(27)23(3,4)21(26)24-12-11-17-9-10-19(28-5)20(14-17)29-6/h7-10,13-14H,11-12H2,1-6H3,(H,24,26)(H,25,27). The Morgan fingerprint density at radius 1 is 0.931 bits per heavy atom. The molecule has 0 saturated heterocycles. The van der Waals surface area contributed by atoms with Crippen LogP contribution in [0.4, 0.5) is 5.69 Å². The number of rotatable bonds is 8. The molecule has 0 atom stereocenters. The van der Waals surface area contributed by atoms with E-state index in [0.717, 1.165) is 22.4 Å². The molecule has 0 radical (unpaired) electrons. The summed E-state index contributed by atoms with van der Waals surface area (Å²) >= 11 is 0. The maximum absolute atomic E-state index is 12.7. The van der Waals surface area contributed by atoms with Crippen LogP contribution in [0.15, 0.2) is 36.4 Å². The smallest absolute Gasteiger partial charge is 0.239 e. The van der Waals surface area contributed by atoms with Crippen molar-refractivity contribution in [2.24, 2.45) is 5.41 Å². The molecule has 29 heavy (non-hydrogen) atoms. The number of carbonyl (C=O) groups is 2. The molecule has 0 unspecified atom stereocenters. The van der Waals surface area contributed by atoms with E-state index in [4.69, 9.17) is 9.47 Å². The molecule has 6 nitrogen and oxygen atoms in total. The minimum atomic E-state index is -1.20. The first kappa shape index (κ1) is 22.3. The number of aryl methyl sites for hydroxylation is 2. The van der Waals surface area contributed by atoms with Crippen molar-refractivity contribution in [3.63, 3.8) is 0 Å². The monoisotopic (exact) mass is 398 g/mol. The Morgan fingerprint density at radius 2 is 1.62 bits per heavy atom. The molecule has 0 aliphatic heterocycles. The molecule has 2 aromatic rings. The van der Waals surface area contributed by atoms with Crippen LogP contribution in [-0.2, 0) is 16.0 Å². The van der Waals surface area contributed by atoms with Gasteiger partial charge in [-0.2, -0.15) is 0 Å². The summed E-state index contributed by atoms with van der Waals surface area (Å²) in [6, 6.07) is 11.5. The average Bonchev–Trinajstić information content (AvgIpc) is 2.70. The molecule has 0 spiro atoms. The van der Waals surface area contributed by atoms with E-state index in [2.05, 4.69) is 10.6 Å². The van der Waals surface area contributed by atoms with E-state index in [0.29, 0.717) is 24.5 Å². The van der Waals surface area contributed by atoms with Crippen LogP contribution >= 0.6 is 0 Å². The van der Waals surface area contributed by atoms with Gasteiger partial charge in [0.05, 0.1) is 14.2 Å². The van der Waals surface area contributed by atoms with Gasteiger partial charge in [0, 0.05) is 12.2 Å². The number of carbonyl (C=O) groups excluding carboxylic acids is 2. The molecule has 0 aliphatic carbocycles. The number of hydrogen-bond donors (Lipinski definition) is 2. The molecule has 2 rings (SSSR count). The third-order valence-electron chi connectivity index (χ3n) is 4.92. The number of nitrogens with one attached hydrogen (secondary N) is 2. The lowest BCUT2D eigenvalue weighted by Gasteiger charge is -2.23. The SMILES string of the molecule is COc1ccc(CCNC(=O)C(C)(C)C(=O)Nc2cc(C)ccc2C)cc1OC. The molecule has 6 heteroatoms. The second-order valence-electron chi connectivity index (χ2n) is 7.59. The number of hydrogen-bond acceptors (Lipinski definition) is 4. The van der Waals surface area contributed by atoms with Crippen LogP contribution < -0.4 is 20.1 Å². The van der Waals surface area contributed by atoms with Gasteiger partial charge in [-0.15, -0.1) is 0 Å². The predicted molar refractivity (Wildman–Crippen MR) is 115 cm³/mol. The van der Waals surface area contributed by atoms with Crippen molar-refractivity contribution in [1.29, 1.82) is 0 Å². The molecule has 156 valence electrons. The van der Waals surface area contributed by atoms with Crippen LogP contribution in [0.1, 0.15) is 30.5 Å². The number of ether oxygens (including phenoxy) is 2. The molecule has 2 aromatic carbocycles. The second-order valence-corrected chi connectivity index (χ2v) is 7.59. The Balaban J connectivity index is 1.96. The maximum atomic E-state index is 12.7. The van der Waals surface area contributed by atoms with Gasteiger partial charge in [-0.05, 0) is 69.0 Å². The molecule has 0 aromatic heterocycles. The maximum Gasteiger partial charge on any atom is 0.239 e.